The lowest BCUT2D eigenvalue weighted by Crippen LogP contribution is -2.26. The number of amides is 1. The predicted molar refractivity (Wildman–Crippen MR) is 140 cm³/mol. The molecule has 0 saturated heterocycles. The average Bonchev–Trinajstić information content (AvgIpc) is 3.28. The van der Waals surface area contributed by atoms with E-state index in [-0.39, 0.29) is 24.9 Å². The van der Waals surface area contributed by atoms with Crippen LogP contribution in [0.15, 0.2) is 73.1 Å². The van der Waals surface area contributed by atoms with E-state index in [1.807, 2.05) is 24.3 Å². The molecular weight excluding hydrogens is 459 g/mol. The molecule has 0 aliphatic heterocycles. The number of thiophene rings is 1. The first-order valence-corrected chi connectivity index (χ1v) is 12.3. The lowest BCUT2D eigenvalue weighted by atomic mass is 9.93. The Kier molecular flexibility index (Phi) is 8.04. The van der Waals surface area contributed by atoms with Crippen molar-refractivity contribution in [1.82, 2.24) is 10.3 Å². The Morgan fingerprint density at radius 1 is 0.971 bits per heavy atom. The first-order valence-electron chi connectivity index (χ1n) is 11.4. The third-order valence-corrected chi connectivity index (χ3v) is 6.55. The number of nitrogens with one attached hydrogen (secondary N) is 1. The van der Waals surface area contributed by atoms with E-state index < -0.39 is 0 Å². The van der Waals surface area contributed by atoms with Crippen LogP contribution in [-0.2, 0) is 0 Å². The van der Waals surface area contributed by atoms with Gasteiger partial charge in [0.1, 0.15) is 5.82 Å². The number of carbonyl (C=O) groups is 1. The normalized spacial score (nSPS) is 10.5. The van der Waals surface area contributed by atoms with Crippen LogP contribution >= 0.6 is 11.3 Å². The van der Waals surface area contributed by atoms with Gasteiger partial charge in [-0.15, -0.1) is 11.3 Å². The van der Waals surface area contributed by atoms with Crippen LogP contribution in [0.5, 0.6) is 0 Å². The molecule has 0 aliphatic rings. The predicted octanol–water partition coefficient (Wildman–Crippen LogP) is 6.16. The molecule has 0 aliphatic carbocycles. The van der Waals surface area contributed by atoms with Crippen molar-refractivity contribution < 1.29 is 14.3 Å². The number of carbonyl (C=O) groups excluding carboxylic acids is 1. The number of hydrogen-bond donors (Lipinski definition) is 2. The molecular formula is C29H25FN2O2S. The molecule has 0 radical (unpaired) electrons. The average molecular weight is 485 g/mol. The highest BCUT2D eigenvalue weighted by Gasteiger charge is 2.22. The number of aliphatic hydroxyl groups is 1. The molecule has 0 bridgehead atoms. The van der Waals surface area contributed by atoms with Crippen molar-refractivity contribution >= 4 is 17.2 Å². The van der Waals surface area contributed by atoms with Gasteiger partial charge in [0.2, 0.25) is 0 Å². The van der Waals surface area contributed by atoms with E-state index in [4.69, 9.17) is 5.11 Å². The standard InChI is InChI=1S/C29H25FN2O2S/c1-2-3-4-5-25-26(20-6-8-23(9-7-20)29(34)32-18-19-33)27(21-14-16-31-17-15-21)28(35-25)22-10-12-24(30)13-11-22/h6-17,33H,2-3,18-19H2,1H3,(H,32,34). The number of unbranched alkanes of at least 4 members (excludes halogenated alkanes) is 1. The highest BCUT2D eigenvalue weighted by molar-refractivity contribution is 7.17. The number of rotatable bonds is 7. The van der Waals surface area contributed by atoms with Gasteiger partial charge in [0, 0.05) is 46.9 Å². The van der Waals surface area contributed by atoms with Gasteiger partial charge in [0.15, 0.2) is 0 Å². The molecule has 176 valence electrons. The Bertz CT molecular complexity index is 1350. The first kappa shape index (κ1) is 24.3. The molecule has 0 saturated carbocycles. The van der Waals surface area contributed by atoms with E-state index in [0.29, 0.717) is 5.56 Å². The van der Waals surface area contributed by atoms with Crippen molar-refractivity contribution in [2.45, 2.75) is 19.8 Å². The molecule has 2 heterocycles. The summed E-state index contributed by atoms with van der Waals surface area (Å²) in [6.07, 6.45) is 5.26. The van der Waals surface area contributed by atoms with Crippen molar-refractivity contribution in [3.8, 4) is 44.5 Å². The lowest BCUT2D eigenvalue weighted by molar-refractivity contribution is 0.0945. The number of hydrogen-bond acceptors (Lipinski definition) is 4. The van der Waals surface area contributed by atoms with Crippen LogP contribution < -0.4 is 5.32 Å². The molecule has 6 heteroatoms. The number of halogens is 1. The molecule has 0 unspecified atom stereocenters. The maximum atomic E-state index is 13.7. The lowest BCUT2D eigenvalue weighted by Gasteiger charge is -2.10. The SMILES string of the molecule is CCCC#Cc1sc(-c2ccc(F)cc2)c(-c2ccncc2)c1-c1ccc(C(=O)NCCO)cc1. The van der Waals surface area contributed by atoms with Gasteiger partial charge in [0.05, 0.1) is 11.5 Å². The molecule has 4 aromatic rings. The minimum absolute atomic E-state index is 0.111. The number of nitrogens with zero attached hydrogens (tertiary/aromatic N) is 1. The van der Waals surface area contributed by atoms with Gasteiger partial charge < -0.3 is 10.4 Å². The van der Waals surface area contributed by atoms with Crippen LogP contribution in [0.25, 0.3) is 32.7 Å². The summed E-state index contributed by atoms with van der Waals surface area (Å²) in [6.45, 7) is 2.19. The zero-order valence-corrected chi connectivity index (χ0v) is 20.2. The number of benzene rings is 2. The van der Waals surface area contributed by atoms with E-state index in [2.05, 4.69) is 29.1 Å². The van der Waals surface area contributed by atoms with Crippen LogP contribution in [0.3, 0.4) is 0 Å². The Balaban J connectivity index is 1.91. The van der Waals surface area contributed by atoms with Gasteiger partial charge >= 0.3 is 0 Å². The monoisotopic (exact) mass is 484 g/mol. The molecule has 2 aromatic heterocycles. The summed E-state index contributed by atoms with van der Waals surface area (Å²) in [5.41, 5.74) is 5.32. The quantitative estimate of drug-likeness (QED) is 0.309. The summed E-state index contributed by atoms with van der Waals surface area (Å²) >= 11 is 1.58. The molecule has 4 nitrogen and oxygen atoms in total. The fourth-order valence-electron chi connectivity index (χ4n) is 3.72. The Labute approximate surface area is 208 Å². The van der Waals surface area contributed by atoms with E-state index in [1.165, 1.54) is 12.1 Å². The molecule has 0 fully saturated rings. The molecule has 0 atom stereocenters. The zero-order valence-electron chi connectivity index (χ0n) is 19.3. The van der Waals surface area contributed by atoms with E-state index in [1.54, 1.807) is 48.0 Å². The topological polar surface area (TPSA) is 62.2 Å². The van der Waals surface area contributed by atoms with Gasteiger partial charge in [-0.05, 0) is 59.5 Å². The first-order chi connectivity index (χ1) is 17.1. The van der Waals surface area contributed by atoms with Gasteiger partial charge in [0.25, 0.3) is 5.91 Å². The van der Waals surface area contributed by atoms with Crippen molar-refractivity contribution in [3.05, 3.63) is 89.3 Å². The minimum Gasteiger partial charge on any atom is -0.395 e. The maximum Gasteiger partial charge on any atom is 0.251 e. The highest BCUT2D eigenvalue weighted by Crippen LogP contribution is 2.47. The van der Waals surface area contributed by atoms with Crippen LogP contribution in [0.2, 0.25) is 0 Å². The molecule has 35 heavy (non-hydrogen) atoms. The zero-order chi connectivity index (χ0) is 24.6. The second kappa shape index (κ2) is 11.6. The third-order valence-electron chi connectivity index (χ3n) is 5.39. The molecule has 1 amide bonds. The van der Waals surface area contributed by atoms with Crippen LogP contribution in [-0.4, -0.2) is 29.1 Å². The van der Waals surface area contributed by atoms with Crippen LogP contribution in [0.4, 0.5) is 4.39 Å². The fraction of sp³-hybridized carbons (Fsp3) is 0.172. The van der Waals surface area contributed by atoms with Gasteiger partial charge in [-0.25, -0.2) is 4.39 Å². The second-order valence-corrected chi connectivity index (χ2v) is 8.88. The Hall–Kier alpha value is -3.79. The van der Waals surface area contributed by atoms with Crippen molar-refractivity contribution in [2.75, 3.05) is 13.2 Å². The van der Waals surface area contributed by atoms with Crippen LogP contribution in [0.1, 0.15) is 35.0 Å². The largest absolute Gasteiger partial charge is 0.395 e. The number of pyridine rings is 1. The van der Waals surface area contributed by atoms with Crippen molar-refractivity contribution in [2.24, 2.45) is 0 Å². The van der Waals surface area contributed by atoms with E-state index in [9.17, 15) is 9.18 Å². The third kappa shape index (κ3) is 5.65. The number of aliphatic hydroxyl groups excluding tert-OH is 1. The molecule has 4 rings (SSSR count). The van der Waals surface area contributed by atoms with Crippen molar-refractivity contribution in [1.29, 1.82) is 0 Å². The fourth-order valence-corrected chi connectivity index (χ4v) is 4.95. The smallest absolute Gasteiger partial charge is 0.251 e. The van der Waals surface area contributed by atoms with E-state index >= 15 is 0 Å². The summed E-state index contributed by atoms with van der Waals surface area (Å²) in [6, 6.07) is 17.8. The van der Waals surface area contributed by atoms with Gasteiger partial charge in [-0.2, -0.15) is 0 Å². The summed E-state index contributed by atoms with van der Waals surface area (Å²) < 4.78 is 13.7. The second-order valence-electron chi connectivity index (χ2n) is 7.86. The van der Waals surface area contributed by atoms with Crippen LogP contribution in [0, 0.1) is 17.7 Å². The molecule has 2 N–H and O–H groups in total. The number of aromatic nitrogens is 1. The van der Waals surface area contributed by atoms with Gasteiger partial charge in [-0.1, -0.05) is 43.0 Å². The highest BCUT2D eigenvalue weighted by atomic mass is 32.1. The molecule has 2 aromatic carbocycles. The summed E-state index contributed by atoms with van der Waals surface area (Å²) in [5, 5.41) is 11.6. The maximum absolute atomic E-state index is 13.7. The molecule has 0 spiro atoms. The summed E-state index contributed by atoms with van der Waals surface area (Å²) in [7, 11) is 0. The summed E-state index contributed by atoms with van der Waals surface area (Å²) in [5.74, 6) is 6.11. The Morgan fingerprint density at radius 2 is 1.63 bits per heavy atom. The minimum atomic E-state index is -0.283. The van der Waals surface area contributed by atoms with Crippen molar-refractivity contribution in [3.63, 3.8) is 0 Å². The van der Waals surface area contributed by atoms with E-state index in [0.717, 1.165) is 50.4 Å². The Morgan fingerprint density at radius 3 is 2.29 bits per heavy atom. The summed E-state index contributed by atoms with van der Waals surface area (Å²) in [4.78, 5) is 18.4. The van der Waals surface area contributed by atoms with Gasteiger partial charge in [-0.3, -0.25) is 9.78 Å².